The van der Waals surface area contributed by atoms with Gasteiger partial charge in [0, 0.05) is 30.7 Å². The van der Waals surface area contributed by atoms with E-state index in [0.29, 0.717) is 27.0 Å². The Morgan fingerprint density at radius 3 is 2.87 bits per heavy atom. The number of thiazole rings is 1. The van der Waals surface area contributed by atoms with Crippen LogP contribution in [0.5, 0.6) is 0 Å². The van der Waals surface area contributed by atoms with Gasteiger partial charge in [-0.05, 0) is 36.8 Å². The molecule has 0 bridgehead atoms. The van der Waals surface area contributed by atoms with Gasteiger partial charge >= 0.3 is 0 Å². The van der Waals surface area contributed by atoms with Crippen molar-refractivity contribution in [2.45, 2.75) is 6.42 Å². The van der Waals surface area contributed by atoms with Crippen LogP contribution in [0.2, 0.25) is 5.02 Å². The van der Waals surface area contributed by atoms with Gasteiger partial charge < -0.3 is 4.74 Å². The van der Waals surface area contributed by atoms with E-state index < -0.39 is 5.82 Å². The highest BCUT2D eigenvalue weighted by atomic mass is 79.9. The van der Waals surface area contributed by atoms with Crippen molar-refractivity contribution in [2.24, 2.45) is 0 Å². The summed E-state index contributed by atoms with van der Waals surface area (Å²) in [6.45, 7) is 4.54. The van der Waals surface area contributed by atoms with E-state index in [2.05, 4.69) is 25.8 Å². The first-order valence-corrected chi connectivity index (χ1v) is 11.6. The largest absolute Gasteiger partial charge is 0.379 e. The molecular weight excluding hydrogens is 493 g/mol. The van der Waals surface area contributed by atoms with Crippen LogP contribution in [0.4, 0.5) is 9.52 Å². The minimum absolute atomic E-state index is 0.247. The number of benzene rings is 2. The number of hydrogen-bond acceptors (Lipinski definition) is 5. The molecule has 0 atom stereocenters. The fraction of sp³-hybridized carbons (Fsp3) is 0.333. The molecule has 1 amide bonds. The number of anilines is 1. The van der Waals surface area contributed by atoms with E-state index >= 15 is 0 Å². The van der Waals surface area contributed by atoms with Gasteiger partial charge in [-0.1, -0.05) is 44.9 Å². The molecule has 0 radical (unpaired) electrons. The van der Waals surface area contributed by atoms with E-state index in [1.165, 1.54) is 17.4 Å². The molecule has 158 valence electrons. The van der Waals surface area contributed by atoms with Crippen molar-refractivity contribution >= 4 is 60.1 Å². The molecule has 2 aromatic carbocycles. The third kappa shape index (κ3) is 4.84. The van der Waals surface area contributed by atoms with Crippen LogP contribution in [-0.4, -0.2) is 55.2 Å². The van der Waals surface area contributed by atoms with Crippen molar-refractivity contribution in [3.05, 3.63) is 57.3 Å². The average Bonchev–Trinajstić information content (AvgIpc) is 3.18. The van der Waals surface area contributed by atoms with E-state index in [1.807, 2.05) is 6.07 Å². The first-order valence-electron chi connectivity index (χ1n) is 9.65. The SMILES string of the molecule is O=C(c1cc(Br)ccc1Cl)N(CCCN1CCOCC1)c1nc2c(F)cccc2s1. The summed E-state index contributed by atoms with van der Waals surface area (Å²) in [7, 11) is 0. The second-order valence-corrected chi connectivity index (χ2v) is 9.30. The second-order valence-electron chi connectivity index (χ2n) is 6.97. The minimum atomic E-state index is -0.392. The molecule has 5 nitrogen and oxygen atoms in total. The van der Waals surface area contributed by atoms with Gasteiger partial charge in [0.25, 0.3) is 5.91 Å². The van der Waals surface area contributed by atoms with Crippen LogP contribution in [0.1, 0.15) is 16.8 Å². The molecule has 3 aromatic rings. The standard InChI is InChI=1S/C21H20BrClFN3O2S/c22-14-5-6-16(23)15(13-14)20(28)27(8-2-7-26-9-11-29-12-10-26)21-25-19-17(24)3-1-4-18(19)30-21/h1,3-6,13H,2,7-12H2. The Labute approximate surface area is 191 Å². The van der Waals surface area contributed by atoms with E-state index in [1.54, 1.807) is 29.2 Å². The van der Waals surface area contributed by atoms with Crippen molar-refractivity contribution in [2.75, 3.05) is 44.3 Å². The molecule has 0 saturated carbocycles. The molecule has 0 unspecified atom stereocenters. The quantitative estimate of drug-likeness (QED) is 0.454. The van der Waals surface area contributed by atoms with Crippen LogP contribution in [0, 0.1) is 5.82 Å². The lowest BCUT2D eigenvalue weighted by atomic mass is 10.2. The van der Waals surface area contributed by atoms with Gasteiger partial charge in [0.2, 0.25) is 0 Å². The molecular formula is C21H20BrClFN3O2S. The summed E-state index contributed by atoms with van der Waals surface area (Å²) in [6.07, 6.45) is 0.760. The maximum Gasteiger partial charge on any atom is 0.261 e. The third-order valence-corrected chi connectivity index (χ3v) is 6.82. The van der Waals surface area contributed by atoms with Gasteiger partial charge in [-0.25, -0.2) is 9.37 Å². The molecule has 9 heteroatoms. The Morgan fingerprint density at radius 2 is 2.10 bits per heavy atom. The number of halogens is 3. The molecule has 0 aliphatic carbocycles. The van der Waals surface area contributed by atoms with E-state index in [0.717, 1.165) is 43.7 Å². The zero-order valence-electron chi connectivity index (χ0n) is 16.1. The van der Waals surface area contributed by atoms with Crippen molar-refractivity contribution in [3.63, 3.8) is 0 Å². The molecule has 0 N–H and O–H groups in total. The summed E-state index contributed by atoms with van der Waals surface area (Å²) in [6, 6.07) is 10.0. The van der Waals surface area contributed by atoms with Gasteiger partial charge in [0.15, 0.2) is 5.13 Å². The van der Waals surface area contributed by atoms with Crippen LogP contribution in [-0.2, 0) is 4.74 Å². The summed E-state index contributed by atoms with van der Waals surface area (Å²) < 4.78 is 21.1. The highest BCUT2D eigenvalue weighted by Crippen LogP contribution is 2.32. The molecule has 1 saturated heterocycles. The van der Waals surface area contributed by atoms with Gasteiger partial charge in [-0.15, -0.1) is 0 Å². The molecule has 1 aliphatic heterocycles. The zero-order chi connectivity index (χ0) is 21.1. The Kier molecular flexibility index (Phi) is 7.00. The Hall–Kier alpha value is -1.58. The lowest BCUT2D eigenvalue weighted by Crippen LogP contribution is -2.39. The van der Waals surface area contributed by atoms with Crippen molar-refractivity contribution in [1.82, 2.24) is 9.88 Å². The van der Waals surface area contributed by atoms with Crippen LogP contribution in [0.25, 0.3) is 10.2 Å². The van der Waals surface area contributed by atoms with Crippen molar-refractivity contribution < 1.29 is 13.9 Å². The van der Waals surface area contributed by atoms with Gasteiger partial charge in [-0.3, -0.25) is 14.6 Å². The highest BCUT2D eigenvalue weighted by Gasteiger charge is 2.24. The predicted molar refractivity (Wildman–Crippen MR) is 122 cm³/mol. The summed E-state index contributed by atoms with van der Waals surface area (Å²) in [5.74, 6) is -0.640. The lowest BCUT2D eigenvalue weighted by molar-refractivity contribution is 0.0376. The number of carbonyl (C=O) groups is 1. The monoisotopic (exact) mass is 511 g/mol. The third-order valence-electron chi connectivity index (χ3n) is 4.95. The molecule has 4 rings (SSSR count). The van der Waals surface area contributed by atoms with Gasteiger partial charge in [0.05, 0.1) is 28.5 Å². The number of aromatic nitrogens is 1. The zero-order valence-corrected chi connectivity index (χ0v) is 19.3. The van der Waals surface area contributed by atoms with Crippen LogP contribution in [0.3, 0.4) is 0 Å². The second kappa shape index (κ2) is 9.70. The van der Waals surface area contributed by atoms with Crippen LogP contribution >= 0.6 is 38.9 Å². The minimum Gasteiger partial charge on any atom is -0.379 e. The van der Waals surface area contributed by atoms with Crippen LogP contribution in [0.15, 0.2) is 40.9 Å². The van der Waals surface area contributed by atoms with Crippen molar-refractivity contribution in [1.29, 1.82) is 0 Å². The number of rotatable bonds is 6. The van der Waals surface area contributed by atoms with Gasteiger partial charge in [0.1, 0.15) is 11.3 Å². The molecule has 2 heterocycles. The predicted octanol–water partition coefficient (Wildman–Crippen LogP) is 5.22. The Morgan fingerprint density at radius 1 is 1.30 bits per heavy atom. The number of para-hydroxylation sites is 1. The molecule has 1 aliphatic rings. The number of amides is 1. The number of hydrogen-bond donors (Lipinski definition) is 0. The summed E-state index contributed by atoms with van der Waals surface area (Å²) >= 11 is 11.0. The van der Waals surface area contributed by atoms with Gasteiger partial charge in [-0.2, -0.15) is 0 Å². The summed E-state index contributed by atoms with van der Waals surface area (Å²) in [5, 5.41) is 0.840. The Balaban J connectivity index is 1.62. The number of ether oxygens (including phenoxy) is 1. The number of carbonyl (C=O) groups excluding carboxylic acids is 1. The molecule has 0 spiro atoms. The topological polar surface area (TPSA) is 45.7 Å². The first-order chi connectivity index (χ1) is 14.5. The lowest BCUT2D eigenvalue weighted by Gasteiger charge is -2.27. The number of morpholine rings is 1. The Bertz CT molecular complexity index is 1060. The van der Waals surface area contributed by atoms with Crippen LogP contribution < -0.4 is 4.90 Å². The number of fused-ring (bicyclic) bond motifs is 1. The fourth-order valence-corrected chi connectivity index (χ4v) is 4.95. The van der Waals surface area contributed by atoms with Crippen molar-refractivity contribution in [3.8, 4) is 0 Å². The maximum absolute atomic E-state index is 14.2. The van der Waals surface area contributed by atoms with E-state index in [-0.39, 0.29) is 11.4 Å². The molecule has 1 fully saturated rings. The fourth-order valence-electron chi connectivity index (χ4n) is 3.39. The smallest absolute Gasteiger partial charge is 0.261 e. The molecule has 1 aromatic heterocycles. The summed E-state index contributed by atoms with van der Waals surface area (Å²) in [5.41, 5.74) is 0.668. The van der Waals surface area contributed by atoms with E-state index in [9.17, 15) is 9.18 Å². The normalized spacial score (nSPS) is 14.9. The number of nitrogens with zero attached hydrogens (tertiary/aromatic N) is 3. The van der Waals surface area contributed by atoms with E-state index in [4.69, 9.17) is 16.3 Å². The maximum atomic E-state index is 14.2. The highest BCUT2D eigenvalue weighted by molar-refractivity contribution is 9.10. The molecule has 30 heavy (non-hydrogen) atoms. The average molecular weight is 513 g/mol. The first kappa shape index (κ1) is 21.6. The summed E-state index contributed by atoms with van der Waals surface area (Å²) in [4.78, 5) is 21.8.